The van der Waals surface area contributed by atoms with E-state index in [4.69, 9.17) is 14.2 Å². The summed E-state index contributed by atoms with van der Waals surface area (Å²) >= 11 is 0. The molecule has 0 aromatic carbocycles. The second-order valence-electron chi connectivity index (χ2n) is 19.2. The van der Waals surface area contributed by atoms with E-state index in [0.29, 0.717) is 19.3 Å². The van der Waals surface area contributed by atoms with E-state index in [0.717, 1.165) is 77.0 Å². The van der Waals surface area contributed by atoms with Crippen LogP contribution in [0.3, 0.4) is 0 Å². The van der Waals surface area contributed by atoms with Gasteiger partial charge in [-0.25, -0.2) is 0 Å². The Labute approximate surface area is 415 Å². The van der Waals surface area contributed by atoms with Crippen molar-refractivity contribution in [3.05, 3.63) is 60.8 Å². The van der Waals surface area contributed by atoms with Crippen LogP contribution in [0.2, 0.25) is 0 Å². The van der Waals surface area contributed by atoms with Crippen molar-refractivity contribution in [3.8, 4) is 0 Å². The number of rotatable bonds is 52. The number of carbonyl (C=O) groups is 3. The molecule has 0 fully saturated rings. The van der Waals surface area contributed by atoms with Gasteiger partial charge < -0.3 is 14.2 Å². The fourth-order valence-electron chi connectivity index (χ4n) is 8.21. The van der Waals surface area contributed by atoms with Gasteiger partial charge in [0.15, 0.2) is 6.10 Å². The van der Waals surface area contributed by atoms with Crippen molar-refractivity contribution in [2.75, 3.05) is 13.2 Å². The number of unbranched alkanes of at least 4 members (excludes halogenated alkanes) is 32. The SMILES string of the molecule is CC/C=C\C/C=C\C/C=C\CCCCCCCCCCCC(=O)OCC(COC(=O)CCCCCCCCCCCCC)OC(=O)CCCCCCCCCCCC/C=C\C=C/CCCCC. The Balaban J connectivity index is 4.32. The van der Waals surface area contributed by atoms with Crippen LogP contribution in [-0.2, 0) is 28.6 Å². The summed E-state index contributed by atoms with van der Waals surface area (Å²) in [5.41, 5.74) is 0. The zero-order chi connectivity index (χ0) is 48.6. The van der Waals surface area contributed by atoms with Crippen LogP contribution in [-0.4, -0.2) is 37.2 Å². The van der Waals surface area contributed by atoms with Gasteiger partial charge in [-0.05, 0) is 77.0 Å². The van der Waals surface area contributed by atoms with Crippen LogP contribution in [0.1, 0.15) is 290 Å². The number of allylic oxidation sites excluding steroid dienone is 10. The highest BCUT2D eigenvalue weighted by molar-refractivity contribution is 5.71. The van der Waals surface area contributed by atoms with Gasteiger partial charge in [0.1, 0.15) is 13.2 Å². The maximum absolute atomic E-state index is 12.9. The summed E-state index contributed by atoms with van der Waals surface area (Å²) in [4.78, 5) is 38.1. The molecule has 6 nitrogen and oxygen atoms in total. The number of esters is 3. The summed E-state index contributed by atoms with van der Waals surface area (Å²) in [5.74, 6) is -0.873. The second kappa shape index (κ2) is 55.7. The van der Waals surface area contributed by atoms with E-state index < -0.39 is 6.10 Å². The van der Waals surface area contributed by atoms with E-state index in [9.17, 15) is 14.4 Å². The summed E-state index contributed by atoms with van der Waals surface area (Å²) in [6.45, 7) is 6.52. The summed E-state index contributed by atoms with van der Waals surface area (Å²) in [6.07, 6.45) is 69.2. The Hall–Kier alpha value is -2.89. The second-order valence-corrected chi connectivity index (χ2v) is 19.2. The molecule has 0 saturated carbocycles. The van der Waals surface area contributed by atoms with Crippen molar-refractivity contribution >= 4 is 17.9 Å². The molecule has 1 unspecified atom stereocenters. The van der Waals surface area contributed by atoms with E-state index in [2.05, 4.69) is 81.5 Å². The molecule has 388 valence electrons. The largest absolute Gasteiger partial charge is 0.462 e. The fourth-order valence-corrected chi connectivity index (χ4v) is 8.21. The minimum absolute atomic E-state index is 0.0746. The summed E-state index contributed by atoms with van der Waals surface area (Å²) in [7, 11) is 0. The monoisotopic (exact) mass is 937 g/mol. The van der Waals surface area contributed by atoms with Crippen molar-refractivity contribution in [1.82, 2.24) is 0 Å². The van der Waals surface area contributed by atoms with Gasteiger partial charge in [-0.3, -0.25) is 14.4 Å². The quantitative estimate of drug-likeness (QED) is 0.0199. The van der Waals surface area contributed by atoms with Crippen LogP contribution in [0.25, 0.3) is 0 Å². The smallest absolute Gasteiger partial charge is 0.306 e. The van der Waals surface area contributed by atoms with Crippen LogP contribution in [0.15, 0.2) is 60.8 Å². The van der Waals surface area contributed by atoms with Crippen LogP contribution in [0.4, 0.5) is 0 Å². The molecule has 0 saturated heterocycles. The lowest BCUT2D eigenvalue weighted by atomic mass is 10.1. The molecule has 0 aliphatic heterocycles. The Morgan fingerprint density at radius 1 is 0.328 bits per heavy atom. The van der Waals surface area contributed by atoms with Crippen LogP contribution in [0, 0.1) is 0 Å². The van der Waals surface area contributed by atoms with Gasteiger partial charge in [-0.15, -0.1) is 0 Å². The predicted molar refractivity (Wildman–Crippen MR) is 288 cm³/mol. The Bertz CT molecular complexity index is 1210. The third-order valence-corrected chi connectivity index (χ3v) is 12.5. The number of ether oxygens (including phenoxy) is 3. The van der Waals surface area contributed by atoms with Gasteiger partial charge >= 0.3 is 17.9 Å². The van der Waals surface area contributed by atoms with Gasteiger partial charge in [0.25, 0.3) is 0 Å². The molecule has 0 bridgehead atoms. The minimum Gasteiger partial charge on any atom is -0.462 e. The van der Waals surface area contributed by atoms with Crippen molar-refractivity contribution in [1.29, 1.82) is 0 Å². The van der Waals surface area contributed by atoms with Crippen LogP contribution >= 0.6 is 0 Å². The van der Waals surface area contributed by atoms with Crippen molar-refractivity contribution in [2.45, 2.75) is 297 Å². The van der Waals surface area contributed by atoms with Crippen molar-refractivity contribution in [2.24, 2.45) is 0 Å². The fraction of sp³-hybridized carbons (Fsp3) is 0.787. The minimum atomic E-state index is -0.776. The molecule has 0 amide bonds. The molecule has 67 heavy (non-hydrogen) atoms. The molecule has 0 N–H and O–H groups in total. The topological polar surface area (TPSA) is 78.9 Å². The molecular formula is C61H108O6. The first-order valence-electron chi connectivity index (χ1n) is 28.8. The van der Waals surface area contributed by atoms with E-state index in [1.54, 1.807) is 0 Å². The van der Waals surface area contributed by atoms with Gasteiger partial charge in [-0.2, -0.15) is 0 Å². The van der Waals surface area contributed by atoms with E-state index >= 15 is 0 Å². The van der Waals surface area contributed by atoms with Gasteiger partial charge in [0.2, 0.25) is 0 Å². The molecule has 1 atom stereocenters. The first kappa shape index (κ1) is 64.1. The molecule has 0 rings (SSSR count). The molecule has 0 aliphatic rings. The number of hydrogen-bond acceptors (Lipinski definition) is 6. The third-order valence-electron chi connectivity index (χ3n) is 12.5. The molecule has 0 aromatic rings. The lowest BCUT2D eigenvalue weighted by Gasteiger charge is -2.18. The highest BCUT2D eigenvalue weighted by Gasteiger charge is 2.19. The first-order valence-corrected chi connectivity index (χ1v) is 28.8. The van der Waals surface area contributed by atoms with Gasteiger partial charge in [-0.1, -0.05) is 255 Å². The highest BCUT2D eigenvalue weighted by atomic mass is 16.6. The summed E-state index contributed by atoms with van der Waals surface area (Å²) in [5, 5.41) is 0. The summed E-state index contributed by atoms with van der Waals surface area (Å²) < 4.78 is 16.9. The first-order chi connectivity index (χ1) is 33.0. The Morgan fingerprint density at radius 3 is 1.03 bits per heavy atom. The van der Waals surface area contributed by atoms with Crippen LogP contribution < -0.4 is 0 Å². The number of hydrogen-bond donors (Lipinski definition) is 0. The molecular weight excluding hydrogens is 829 g/mol. The lowest BCUT2D eigenvalue weighted by Crippen LogP contribution is -2.30. The van der Waals surface area contributed by atoms with Gasteiger partial charge in [0.05, 0.1) is 0 Å². The van der Waals surface area contributed by atoms with E-state index in [-0.39, 0.29) is 31.1 Å². The Kier molecular flexibility index (Phi) is 53.3. The zero-order valence-electron chi connectivity index (χ0n) is 44.4. The maximum Gasteiger partial charge on any atom is 0.306 e. The lowest BCUT2D eigenvalue weighted by molar-refractivity contribution is -0.167. The average molecular weight is 938 g/mol. The van der Waals surface area contributed by atoms with Crippen molar-refractivity contribution in [3.63, 3.8) is 0 Å². The normalized spacial score (nSPS) is 12.5. The zero-order valence-corrected chi connectivity index (χ0v) is 44.4. The molecule has 0 heterocycles. The third kappa shape index (κ3) is 53.9. The molecule has 0 radical (unpaired) electrons. The standard InChI is InChI=1S/C61H108O6/c1-4-7-10-13-16-19-22-24-26-28-30-32-34-36-39-42-45-48-51-54-60(63)66-57-58(56-65-59(62)53-50-47-44-41-38-21-18-15-12-9-6-3)67-61(64)55-52-49-46-43-40-37-35-33-31-29-27-25-23-20-17-14-11-8-5-2/h7,10,16-17,19-20,23-26,58H,4-6,8-9,11-15,18,21-22,27-57H2,1-3H3/b10-7-,19-16-,20-17-,25-23-,26-24-. The highest BCUT2D eigenvalue weighted by Crippen LogP contribution is 2.16. The molecule has 0 aromatic heterocycles. The Morgan fingerprint density at radius 2 is 0.627 bits per heavy atom. The predicted octanol–water partition coefficient (Wildman–Crippen LogP) is 19.2. The number of carbonyl (C=O) groups excluding carboxylic acids is 3. The maximum atomic E-state index is 12.9. The van der Waals surface area contributed by atoms with Crippen LogP contribution in [0.5, 0.6) is 0 Å². The van der Waals surface area contributed by atoms with E-state index in [1.165, 1.54) is 173 Å². The molecule has 0 aliphatic carbocycles. The molecule has 0 spiro atoms. The average Bonchev–Trinajstić information content (AvgIpc) is 3.33. The van der Waals surface area contributed by atoms with Crippen molar-refractivity contribution < 1.29 is 28.6 Å². The molecule has 6 heteroatoms. The van der Waals surface area contributed by atoms with Gasteiger partial charge in [0, 0.05) is 19.3 Å². The van der Waals surface area contributed by atoms with E-state index in [1.807, 2.05) is 0 Å². The summed E-state index contributed by atoms with van der Waals surface area (Å²) in [6, 6.07) is 0.